The van der Waals surface area contributed by atoms with Crippen molar-refractivity contribution < 1.29 is 0 Å². The molecule has 0 aliphatic carbocycles. The highest BCUT2D eigenvalue weighted by Crippen LogP contribution is 2.21. The van der Waals surface area contributed by atoms with E-state index in [1.807, 2.05) is 18.2 Å². The number of nitrogens with zero attached hydrogens (tertiary/aromatic N) is 1. The van der Waals surface area contributed by atoms with E-state index in [0.717, 1.165) is 23.6 Å². The molecule has 92 valence electrons. The highest BCUT2D eigenvalue weighted by molar-refractivity contribution is 5.65. The van der Waals surface area contributed by atoms with E-state index in [1.54, 1.807) is 0 Å². The van der Waals surface area contributed by atoms with Gasteiger partial charge in [-0.25, -0.2) is 0 Å². The second kappa shape index (κ2) is 7.83. The number of rotatable bonds is 7. The molecule has 1 heteroatoms. The molecule has 0 N–H and O–H groups in total. The first-order valence-corrected chi connectivity index (χ1v) is 6.54. The summed E-state index contributed by atoms with van der Waals surface area (Å²) in [5.41, 5.74) is 2.13. The van der Waals surface area contributed by atoms with Crippen molar-refractivity contribution in [3.63, 3.8) is 0 Å². The molecule has 1 rings (SSSR count). The smallest absolute Gasteiger partial charge is 0.0694 e. The van der Waals surface area contributed by atoms with Crippen molar-refractivity contribution in [2.45, 2.75) is 39.5 Å². The monoisotopic (exact) mass is 229 g/mol. The van der Waals surface area contributed by atoms with Crippen LogP contribution in [0.4, 0.5) is 5.69 Å². The van der Waals surface area contributed by atoms with E-state index >= 15 is 0 Å². The Kier molecular flexibility index (Phi) is 6.31. The summed E-state index contributed by atoms with van der Waals surface area (Å²) in [5, 5.41) is 0. The largest absolute Gasteiger partial charge is 0.264 e. The third-order valence-electron chi connectivity index (χ3n) is 3.15. The van der Waals surface area contributed by atoms with Gasteiger partial charge in [-0.15, -0.1) is 0 Å². The van der Waals surface area contributed by atoms with E-state index in [2.05, 4.69) is 43.8 Å². The first kappa shape index (κ1) is 13.7. The summed E-state index contributed by atoms with van der Waals surface area (Å²) in [6.07, 6.45) is 9.46. The normalized spacial score (nSPS) is 12.8. The van der Waals surface area contributed by atoms with Gasteiger partial charge in [0.2, 0.25) is 0 Å². The molecule has 1 unspecified atom stereocenters. The Balaban J connectivity index is 2.60. The van der Waals surface area contributed by atoms with Crippen LogP contribution in [0.3, 0.4) is 0 Å². The minimum absolute atomic E-state index is 0.820. The minimum atomic E-state index is 0.820. The molecule has 0 spiro atoms. The van der Waals surface area contributed by atoms with Crippen molar-refractivity contribution in [3.8, 4) is 0 Å². The number of benzene rings is 1. The quantitative estimate of drug-likeness (QED) is 0.566. The van der Waals surface area contributed by atoms with Gasteiger partial charge in [-0.1, -0.05) is 63.5 Å². The molecule has 0 aliphatic heterocycles. The molecule has 0 radical (unpaired) electrons. The fourth-order valence-electron chi connectivity index (χ4n) is 2.06. The van der Waals surface area contributed by atoms with Crippen LogP contribution >= 0.6 is 0 Å². The van der Waals surface area contributed by atoms with Gasteiger partial charge in [0.15, 0.2) is 0 Å². The average molecular weight is 229 g/mol. The molecule has 0 bridgehead atoms. The Morgan fingerprint density at radius 2 is 2.06 bits per heavy atom. The lowest BCUT2D eigenvalue weighted by molar-refractivity contribution is 0.471. The summed E-state index contributed by atoms with van der Waals surface area (Å²) in [7, 11) is 0. The van der Waals surface area contributed by atoms with Gasteiger partial charge in [0, 0.05) is 0 Å². The zero-order valence-corrected chi connectivity index (χ0v) is 11.0. The Morgan fingerprint density at radius 1 is 1.29 bits per heavy atom. The molecule has 0 fully saturated rings. The lowest BCUT2D eigenvalue weighted by Gasteiger charge is -2.10. The molecule has 1 aromatic carbocycles. The first-order chi connectivity index (χ1) is 8.31. The van der Waals surface area contributed by atoms with E-state index < -0.39 is 0 Å². The SMILES string of the molecule is C=Nc1ccccc1/C=C\CC(CC)CCC. The van der Waals surface area contributed by atoms with Crippen LogP contribution < -0.4 is 0 Å². The molecule has 17 heavy (non-hydrogen) atoms. The van der Waals surface area contributed by atoms with Crippen LogP contribution in [0.25, 0.3) is 6.08 Å². The van der Waals surface area contributed by atoms with Crippen molar-refractivity contribution in [2.75, 3.05) is 0 Å². The fourth-order valence-corrected chi connectivity index (χ4v) is 2.06. The van der Waals surface area contributed by atoms with Crippen LogP contribution in [-0.4, -0.2) is 6.72 Å². The maximum atomic E-state index is 4.02. The summed E-state index contributed by atoms with van der Waals surface area (Å²) < 4.78 is 0. The predicted molar refractivity (Wildman–Crippen MR) is 78.0 cm³/mol. The maximum absolute atomic E-state index is 4.02. The number of allylic oxidation sites excluding steroid dienone is 1. The van der Waals surface area contributed by atoms with Crippen molar-refractivity contribution in [1.29, 1.82) is 0 Å². The van der Waals surface area contributed by atoms with Crippen LogP contribution in [0.5, 0.6) is 0 Å². The summed E-state index contributed by atoms with van der Waals surface area (Å²) in [5.74, 6) is 0.820. The Hall–Kier alpha value is -1.37. The summed E-state index contributed by atoms with van der Waals surface area (Å²) >= 11 is 0. The average Bonchev–Trinajstić information content (AvgIpc) is 2.38. The number of hydrogen-bond acceptors (Lipinski definition) is 1. The molecular weight excluding hydrogens is 206 g/mol. The molecule has 0 amide bonds. The number of hydrogen-bond donors (Lipinski definition) is 0. The van der Waals surface area contributed by atoms with Crippen LogP contribution in [0.1, 0.15) is 45.1 Å². The van der Waals surface area contributed by atoms with E-state index in [1.165, 1.54) is 19.3 Å². The molecular formula is C16H23N. The zero-order valence-electron chi connectivity index (χ0n) is 11.0. The maximum Gasteiger partial charge on any atom is 0.0694 e. The Bertz CT molecular complexity index is 366. The second-order valence-corrected chi connectivity index (χ2v) is 4.42. The predicted octanol–water partition coefficient (Wildman–Crippen LogP) is 5.25. The van der Waals surface area contributed by atoms with E-state index in [4.69, 9.17) is 0 Å². The van der Waals surface area contributed by atoms with Gasteiger partial charge in [-0.3, -0.25) is 4.99 Å². The second-order valence-electron chi connectivity index (χ2n) is 4.42. The highest BCUT2D eigenvalue weighted by atomic mass is 14.7. The van der Waals surface area contributed by atoms with Gasteiger partial charge in [0.25, 0.3) is 0 Å². The summed E-state index contributed by atoms with van der Waals surface area (Å²) in [6, 6.07) is 8.11. The van der Waals surface area contributed by atoms with Crippen molar-refractivity contribution >= 4 is 18.5 Å². The number of aliphatic imine (C=N–C) groups is 1. The van der Waals surface area contributed by atoms with Crippen molar-refractivity contribution in [1.82, 2.24) is 0 Å². The Labute approximate surface area is 105 Å². The molecule has 0 heterocycles. The van der Waals surface area contributed by atoms with E-state index in [0.29, 0.717) is 0 Å². The lowest BCUT2D eigenvalue weighted by atomic mass is 9.96. The van der Waals surface area contributed by atoms with Gasteiger partial charge in [0.05, 0.1) is 5.69 Å². The van der Waals surface area contributed by atoms with E-state index in [9.17, 15) is 0 Å². The third-order valence-corrected chi connectivity index (χ3v) is 3.15. The molecule has 1 atom stereocenters. The van der Waals surface area contributed by atoms with Crippen molar-refractivity contribution in [3.05, 3.63) is 35.9 Å². The topological polar surface area (TPSA) is 12.4 Å². The third kappa shape index (κ3) is 4.56. The minimum Gasteiger partial charge on any atom is -0.264 e. The highest BCUT2D eigenvalue weighted by Gasteiger charge is 2.02. The standard InChI is InChI=1S/C16H23N/c1-4-9-14(5-2)10-8-12-15-11-6-7-13-16(15)17-3/h6-8,11-14H,3-5,9-10H2,1-2H3/b12-8-. The lowest BCUT2D eigenvalue weighted by Crippen LogP contribution is -1.95. The van der Waals surface area contributed by atoms with Crippen LogP contribution in [0.15, 0.2) is 35.3 Å². The van der Waals surface area contributed by atoms with Gasteiger partial charge in [-0.05, 0) is 30.7 Å². The molecule has 1 nitrogen and oxygen atoms in total. The molecule has 0 aliphatic rings. The number of para-hydroxylation sites is 1. The van der Waals surface area contributed by atoms with Crippen LogP contribution in [0.2, 0.25) is 0 Å². The first-order valence-electron chi connectivity index (χ1n) is 6.54. The Morgan fingerprint density at radius 3 is 2.71 bits per heavy atom. The molecule has 0 saturated carbocycles. The molecule has 0 aromatic heterocycles. The summed E-state index contributed by atoms with van der Waals surface area (Å²) in [6.45, 7) is 8.12. The van der Waals surface area contributed by atoms with Gasteiger partial charge >= 0.3 is 0 Å². The molecule has 0 saturated heterocycles. The van der Waals surface area contributed by atoms with Crippen LogP contribution in [0, 0.1) is 5.92 Å². The molecule has 1 aromatic rings. The van der Waals surface area contributed by atoms with Gasteiger partial charge in [-0.2, -0.15) is 0 Å². The zero-order chi connectivity index (χ0) is 12.5. The van der Waals surface area contributed by atoms with Gasteiger partial charge in [0.1, 0.15) is 0 Å². The van der Waals surface area contributed by atoms with Gasteiger partial charge < -0.3 is 0 Å². The van der Waals surface area contributed by atoms with Crippen LogP contribution in [-0.2, 0) is 0 Å². The van der Waals surface area contributed by atoms with Crippen molar-refractivity contribution in [2.24, 2.45) is 10.9 Å². The van der Waals surface area contributed by atoms with E-state index in [-0.39, 0.29) is 0 Å². The fraction of sp³-hybridized carbons (Fsp3) is 0.438. The summed E-state index contributed by atoms with van der Waals surface area (Å²) in [4.78, 5) is 4.02.